The number of nitriles is 1. The molecule has 0 unspecified atom stereocenters. The number of nitrogens with zero attached hydrogens (tertiary/aromatic N) is 5. The summed E-state index contributed by atoms with van der Waals surface area (Å²) in [6.45, 7) is 5.34. The van der Waals surface area contributed by atoms with Crippen molar-refractivity contribution < 1.29 is 13.2 Å². The molecular formula is C25H23N7O3S. The van der Waals surface area contributed by atoms with Crippen molar-refractivity contribution in [2.45, 2.75) is 31.2 Å². The Labute approximate surface area is 208 Å². The highest BCUT2D eigenvalue weighted by Crippen LogP contribution is 2.29. The van der Waals surface area contributed by atoms with E-state index in [1.165, 1.54) is 4.68 Å². The van der Waals surface area contributed by atoms with E-state index in [1.807, 2.05) is 6.07 Å². The third kappa shape index (κ3) is 5.46. The van der Waals surface area contributed by atoms with E-state index in [-0.39, 0.29) is 10.7 Å². The number of aromatic nitrogens is 4. The van der Waals surface area contributed by atoms with Crippen molar-refractivity contribution in [3.05, 3.63) is 84.2 Å². The summed E-state index contributed by atoms with van der Waals surface area (Å²) in [5, 5.41) is 23.1. The molecule has 0 saturated heterocycles. The van der Waals surface area contributed by atoms with E-state index in [0.29, 0.717) is 28.1 Å². The summed E-state index contributed by atoms with van der Waals surface area (Å²) >= 11 is 0. The molecule has 4 rings (SSSR count). The van der Waals surface area contributed by atoms with Crippen LogP contribution < -0.4 is 10.0 Å². The second-order valence-corrected chi connectivity index (χ2v) is 10.6. The van der Waals surface area contributed by atoms with Gasteiger partial charge in [-0.05, 0) is 73.2 Å². The van der Waals surface area contributed by atoms with Crippen LogP contribution >= 0.6 is 0 Å². The Morgan fingerprint density at radius 2 is 1.72 bits per heavy atom. The van der Waals surface area contributed by atoms with Gasteiger partial charge in [0.05, 0.1) is 22.2 Å². The van der Waals surface area contributed by atoms with Crippen LogP contribution in [0.3, 0.4) is 0 Å². The summed E-state index contributed by atoms with van der Waals surface area (Å²) < 4.78 is 29.9. The molecule has 0 radical (unpaired) electrons. The third-order valence-electron chi connectivity index (χ3n) is 4.96. The highest BCUT2D eigenvalue weighted by Gasteiger charge is 2.25. The predicted molar refractivity (Wildman–Crippen MR) is 134 cm³/mol. The topological polar surface area (TPSA) is 143 Å². The van der Waals surface area contributed by atoms with Gasteiger partial charge >= 0.3 is 0 Å². The van der Waals surface area contributed by atoms with Gasteiger partial charge in [0.1, 0.15) is 0 Å². The van der Waals surface area contributed by atoms with E-state index >= 15 is 0 Å². The first-order valence-electron chi connectivity index (χ1n) is 10.9. The van der Waals surface area contributed by atoms with Crippen LogP contribution in [0, 0.1) is 11.3 Å². The molecule has 1 amide bonds. The quantitative estimate of drug-likeness (QED) is 0.411. The number of tetrazole rings is 1. The molecule has 10 nitrogen and oxygen atoms in total. The molecule has 0 aliphatic carbocycles. The molecule has 0 bridgehead atoms. The fourth-order valence-electron chi connectivity index (χ4n) is 3.53. The van der Waals surface area contributed by atoms with Crippen LogP contribution in [0.5, 0.6) is 0 Å². The van der Waals surface area contributed by atoms with E-state index < -0.39 is 21.5 Å². The van der Waals surface area contributed by atoms with Crippen molar-refractivity contribution in [2.75, 3.05) is 5.32 Å². The second kappa shape index (κ2) is 9.69. The maximum Gasteiger partial charge on any atom is 0.295 e. The standard InChI is InChI=1S/C25H23N7O3S/c1-25(2,3)29-36(34,35)22-10-5-4-9-21(22)18-11-13-19(14-12-18)27-24(33)23-28-30-31-32(23)20-8-6-7-17(15-20)16-26/h4-15,29H,1-3H3,(H,27,33). The van der Waals surface area contributed by atoms with Gasteiger partial charge in [-0.2, -0.15) is 9.94 Å². The lowest BCUT2D eigenvalue weighted by molar-refractivity contribution is 0.101. The zero-order valence-corrected chi connectivity index (χ0v) is 20.6. The summed E-state index contributed by atoms with van der Waals surface area (Å²) in [6, 6.07) is 22.1. The van der Waals surface area contributed by atoms with Crippen LogP contribution in [-0.2, 0) is 10.0 Å². The number of rotatable bonds is 6. The van der Waals surface area contributed by atoms with Crippen LogP contribution in [0.25, 0.3) is 16.8 Å². The lowest BCUT2D eigenvalue weighted by Crippen LogP contribution is -2.40. The number of anilines is 1. The van der Waals surface area contributed by atoms with Gasteiger partial charge in [-0.1, -0.05) is 36.4 Å². The number of nitrogens with one attached hydrogen (secondary N) is 2. The minimum Gasteiger partial charge on any atom is -0.319 e. The number of hydrogen-bond acceptors (Lipinski definition) is 7. The number of carbonyl (C=O) groups is 1. The highest BCUT2D eigenvalue weighted by atomic mass is 32.2. The van der Waals surface area contributed by atoms with Crippen molar-refractivity contribution in [1.82, 2.24) is 24.9 Å². The molecule has 11 heteroatoms. The molecule has 2 N–H and O–H groups in total. The first-order valence-corrected chi connectivity index (χ1v) is 12.4. The van der Waals surface area contributed by atoms with Crippen LogP contribution in [0.4, 0.5) is 5.69 Å². The van der Waals surface area contributed by atoms with E-state index in [4.69, 9.17) is 5.26 Å². The molecule has 4 aromatic rings. The zero-order valence-electron chi connectivity index (χ0n) is 19.8. The van der Waals surface area contributed by atoms with Gasteiger partial charge in [0.2, 0.25) is 15.8 Å². The van der Waals surface area contributed by atoms with Gasteiger partial charge in [0, 0.05) is 16.8 Å². The average Bonchev–Trinajstić information content (AvgIpc) is 3.33. The normalized spacial score (nSPS) is 11.6. The van der Waals surface area contributed by atoms with Crippen LogP contribution in [0.2, 0.25) is 0 Å². The molecule has 0 fully saturated rings. The number of hydrogen-bond donors (Lipinski definition) is 2. The van der Waals surface area contributed by atoms with E-state index in [2.05, 4.69) is 25.6 Å². The van der Waals surface area contributed by atoms with E-state index in [1.54, 1.807) is 93.6 Å². The van der Waals surface area contributed by atoms with Crippen molar-refractivity contribution in [3.63, 3.8) is 0 Å². The molecule has 182 valence electrons. The smallest absolute Gasteiger partial charge is 0.295 e. The molecule has 0 saturated carbocycles. The van der Waals surface area contributed by atoms with Crippen LogP contribution in [0.1, 0.15) is 37.0 Å². The Morgan fingerprint density at radius 1 is 1.00 bits per heavy atom. The first kappa shape index (κ1) is 24.7. The summed E-state index contributed by atoms with van der Waals surface area (Å²) in [6.07, 6.45) is 0. The lowest BCUT2D eigenvalue weighted by atomic mass is 10.1. The molecule has 0 spiro atoms. The van der Waals surface area contributed by atoms with Gasteiger partial charge < -0.3 is 5.32 Å². The summed E-state index contributed by atoms with van der Waals surface area (Å²) in [7, 11) is -3.76. The van der Waals surface area contributed by atoms with Gasteiger partial charge in [-0.3, -0.25) is 4.79 Å². The minimum atomic E-state index is -3.76. The fraction of sp³-hybridized carbons (Fsp3) is 0.160. The number of sulfonamides is 1. The SMILES string of the molecule is CC(C)(C)NS(=O)(=O)c1ccccc1-c1ccc(NC(=O)c2nnnn2-c2cccc(C#N)c2)cc1. The molecule has 36 heavy (non-hydrogen) atoms. The van der Waals surface area contributed by atoms with E-state index in [0.717, 1.165) is 0 Å². The maximum absolute atomic E-state index is 13.0. The average molecular weight is 502 g/mol. The number of amides is 1. The Morgan fingerprint density at radius 3 is 2.42 bits per heavy atom. The van der Waals surface area contributed by atoms with Crippen molar-refractivity contribution in [2.24, 2.45) is 0 Å². The summed E-state index contributed by atoms with van der Waals surface area (Å²) in [4.78, 5) is 13.0. The van der Waals surface area contributed by atoms with Crippen LogP contribution in [-0.4, -0.2) is 40.1 Å². The molecule has 0 atom stereocenters. The lowest BCUT2D eigenvalue weighted by Gasteiger charge is -2.21. The molecular weight excluding hydrogens is 478 g/mol. The van der Waals surface area contributed by atoms with Crippen molar-refractivity contribution >= 4 is 21.6 Å². The Balaban J connectivity index is 1.57. The van der Waals surface area contributed by atoms with Gasteiger partial charge in [0.25, 0.3) is 5.91 Å². The summed E-state index contributed by atoms with van der Waals surface area (Å²) in [5.41, 5.74) is 1.92. The monoisotopic (exact) mass is 501 g/mol. The highest BCUT2D eigenvalue weighted by molar-refractivity contribution is 7.89. The maximum atomic E-state index is 13.0. The largest absolute Gasteiger partial charge is 0.319 e. The predicted octanol–water partition coefficient (Wildman–Crippen LogP) is 3.53. The molecule has 3 aromatic carbocycles. The third-order valence-corrected chi connectivity index (χ3v) is 6.78. The minimum absolute atomic E-state index is 0.0566. The Bertz CT molecular complexity index is 1560. The number of benzene rings is 3. The zero-order chi connectivity index (χ0) is 25.9. The Hall–Kier alpha value is -4.40. The molecule has 1 aromatic heterocycles. The molecule has 0 aliphatic heterocycles. The number of carbonyl (C=O) groups excluding carboxylic acids is 1. The first-order chi connectivity index (χ1) is 17.1. The van der Waals surface area contributed by atoms with Crippen molar-refractivity contribution in [1.29, 1.82) is 5.26 Å². The van der Waals surface area contributed by atoms with Crippen molar-refractivity contribution in [3.8, 4) is 22.9 Å². The van der Waals surface area contributed by atoms with Crippen LogP contribution in [0.15, 0.2) is 77.7 Å². The molecule has 1 heterocycles. The van der Waals surface area contributed by atoms with Gasteiger partial charge in [-0.25, -0.2) is 13.1 Å². The van der Waals surface area contributed by atoms with Gasteiger partial charge in [0.15, 0.2) is 0 Å². The summed E-state index contributed by atoms with van der Waals surface area (Å²) in [5.74, 6) is -0.605. The van der Waals surface area contributed by atoms with E-state index in [9.17, 15) is 13.2 Å². The Kier molecular flexibility index (Phi) is 6.65. The molecule has 0 aliphatic rings. The van der Waals surface area contributed by atoms with Gasteiger partial charge in [-0.15, -0.1) is 5.10 Å². The second-order valence-electron chi connectivity index (χ2n) is 8.96. The fourth-order valence-corrected chi connectivity index (χ4v) is 5.18.